The fourth-order valence-corrected chi connectivity index (χ4v) is 2.43. The molecule has 0 spiro atoms. The second-order valence-corrected chi connectivity index (χ2v) is 5.89. The molecular formula is C21H23N3O2. The average Bonchev–Trinajstić information content (AvgIpc) is 2.66. The summed E-state index contributed by atoms with van der Waals surface area (Å²) in [5.41, 5.74) is 3.42. The second-order valence-electron chi connectivity index (χ2n) is 5.89. The monoisotopic (exact) mass is 349 g/mol. The fraction of sp³-hybridized carbons (Fsp3) is 0.238. The largest absolute Gasteiger partial charge is 0.497 e. The van der Waals surface area contributed by atoms with E-state index < -0.39 is 5.91 Å². The summed E-state index contributed by atoms with van der Waals surface area (Å²) in [7, 11) is 1.60. The molecule has 0 aliphatic carbocycles. The minimum absolute atomic E-state index is 0.0581. The summed E-state index contributed by atoms with van der Waals surface area (Å²) < 4.78 is 5.10. The number of carbonyl (C=O) groups is 1. The highest BCUT2D eigenvalue weighted by Gasteiger charge is 2.08. The molecule has 5 heteroatoms. The molecule has 0 radical (unpaired) electrons. The van der Waals surface area contributed by atoms with E-state index in [-0.39, 0.29) is 5.57 Å². The lowest BCUT2D eigenvalue weighted by Gasteiger charge is -2.07. The van der Waals surface area contributed by atoms with Gasteiger partial charge in [-0.15, -0.1) is 0 Å². The molecule has 0 aliphatic rings. The SMILES string of the molecule is COc1ccc(CNC(=O)/C(C#N)=C\NCCc2cccc(C)c2)cc1. The van der Waals surface area contributed by atoms with Gasteiger partial charge in [0.1, 0.15) is 17.4 Å². The molecule has 0 saturated carbocycles. The van der Waals surface area contributed by atoms with Gasteiger partial charge in [0.2, 0.25) is 0 Å². The Kier molecular flexibility index (Phi) is 7.26. The number of methoxy groups -OCH3 is 1. The van der Waals surface area contributed by atoms with Gasteiger partial charge in [-0.3, -0.25) is 4.79 Å². The molecule has 134 valence electrons. The van der Waals surface area contributed by atoms with Gasteiger partial charge < -0.3 is 15.4 Å². The lowest BCUT2D eigenvalue weighted by molar-refractivity contribution is -0.117. The molecule has 0 unspecified atom stereocenters. The van der Waals surface area contributed by atoms with E-state index in [0.717, 1.165) is 17.7 Å². The predicted molar refractivity (Wildman–Crippen MR) is 101 cm³/mol. The number of aryl methyl sites for hydroxylation is 1. The van der Waals surface area contributed by atoms with E-state index in [2.05, 4.69) is 35.8 Å². The Labute approximate surface area is 154 Å². The van der Waals surface area contributed by atoms with Crippen LogP contribution in [0.25, 0.3) is 0 Å². The van der Waals surface area contributed by atoms with Crippen molar-refractivity contribution >= 4 is 5.91 Å². The Hall–Kier alpha value is -3.26. The Bertz CT molecular complexity index is 805. The maximum absolute atomic E-state index is 12.1. The lowest BCUT2D eigenvalue weighted by Crippen LogP contribution is -2.25. The van der Waals surface area contributed by atoms with Gasteiger partial charge in [0.05, 0.1) is 7.11 Å². The topological polar surface area (TPSA) is 74.1 Å². The molecule has 26 heavy (non-hydrogen) atoms. The molecule has 2 rings (SSSR count). The first-order chi connectivity index (χ1) is 12.6. The molecule has 1 amide bonds. The van der Waals surface area contributed by atoms with Crippen molar-refractivity contribution < 1.29 is 9.53 Å². The van der Waals surface area contributed by atoms with Crippen LogP contribution in [0.4, 0.5) is 0 Å². The van der Waals surface area contributed by atoms with Crippen LogP contribution >= 0.6 is 0 Å². The van der Waals surface area contributed by atoms with Gasteiger partial charge in [0, 0.05) is 19.3 Å². The molecule has 2 aromatic carbocycles. The molecular weight excluding hydrogens is 326 g/mol. The van der Waals surface area contributed by atoms with Crippen LogP contribution in [-0.4, -0.2) is 19.6 Å². The zero-order valence-corrected chi connectivity index (χ0v) is 15.1. The number of nitriles is 1. The summed E-state index contributed by atoms with van der Waals surface area (Å²) in [6, 6.07) is 17.6. The summed E-state index contributed by atoms with van der Waals surface area (Å²) in [4.78, 5) is 12.1. The molecule has 0 fully saturated rings. The Balaban J connectivity index is 1.81. The normalized spacial score (nSPS) is 10.7. The zero-order valence-electron chi connectivity index (χ0n) is 15.1. The summed E-state index contributed by atoms with van der Waals surface area (Å²) >= 11 is 0. The van der Waals surface area contributed by atoms with Crippen LogP contribution in [0.3, 0.4) is 0 Å². The van der Waals surface area contributed by atoms with E-state index >= 15 is 0 Å². The third kappa shape index (κ3) is 5.99. The lowest BCUT2D eigenvalue weighted by atomic mass is 10.1. The average molecular weight is 349 g/mol. The van der Waals surface area contributed by atoms with Crippen molar-refractivity contribution in [1.82, 2.24) is 10.6 Å². The first-order valence-electron chi connectivity index (χ1n) is 8.42. The molecule has 0 saturated heterocycles. The number of hydrogen-bond donors (Lipinski definition) is 2. The van der Waals surface area contributed by atoms with Gasteiger partial charge >= 0.3 is 0 Å². The third-order valence-corrected chi connectivity index (χ3v) is 3.86. The zero-order chi connectivity index (χ0) is 18.8. The van der Waals surface area contributed by atoms with Crippen LogP contribution in [0, 0.1) is 18.3 Å². The fourth-order valence-electron chi connectivity index (χ4n) is 2.43. The standard InChI is InChI=1S/C21H23N3O2/c1-16-4-3-5-17(12-16)10-11-23-15-19(13-22)21(25)24-14-18-6-8-20(26-2)9-7-18/h3-9,12,15,23H,10-11,14H2,1-2H3,(H,24,25)/b19-15-. The van der Waals surface area contributed by atoms with Crippen LogP contribution < -0.4 is 15.4 Å². The number of benzene rings is 2. The highest BCUT2D eigenvalue weighted by Crippen LogP contribution is 2.11. The first kappa shape index (κ1) is 19.1. The van der Waals surface area contributed by atoms with Crippen LogP contribution in [0.2, 0.25) is 0 Å². The van der Waals surface area contributed by atoms with Gasteiger partial charge in [-0.05, 0) is 36.6 Å². The van der Waals surface area contributed by atoms with E-state index in [9.17, 15) is 10.1 Å². The Morgan fingerprint density at radius 2 is 1.96 bits per heavy atom. The number of nitrogens with one attached hydrogen (secondary N) is 2. The Morgan fingerprint density at radius 1 is 1.19 bits per heavy atom. The van der Waals surface area contributed by atoms with Crippen LogP contribution in [0.5, 0.6) is 5.75 Å². The molecule has 2 aromatic rings. The van der Waals surface area contributed by atoms with Gasteiger partial charge in [-0.2, -0.15) is 5.26 Å². The minimum Gasteiger partial charge on any atom is -0.497 e. The van der Waals surface area contributed by atoms with Gasteiger partial charge in [0.15, 0.2) is 0 Å². The maximum Gasteiger partial charge on any atom is 0.263 e. The van der Waals surface area contributed by atoms with Crippen molar-refractivity contribution in [2.45, 2.75) is 19.9 Å². The number of amides is 1. The van der Waals surface area contributed by atoms with Crippen molar-refractivity contribution in [3.63, 3.8) is 0 Å². The number of hydrogen-bond acceptors (Lipinski definition) is 4. The number of nitrogens with zero attached hydrogens (tertiary/aromatic N) is 1. The minimum atomic E-state index is -0.397. The molecule has 2 N–H and O–H groups in total. The molecule has 0 aromatic heterocycles. The smallest absolute Gasteiger partial charge is 0.263 e. The molecule has 5 nitrogen and oxygen atoms in total. The highest BCUT2D eigenvalue weighted by molar-refractivity contribution is 5.97. The molecule has 0 aliphatic heterocycles. The van der Waals surface area contributed by atoms with Crippen LogP contribution in [-0.2, 0) is 17.8 Å². The molecule has 0 bridgehead atoms. The van der Waals surface area contributed by atoms with Gasteiger partial charge in [-0.25, -0.2) is 0 Å². The van der Waals surface area contributed by atoms with E-state index in [1.807, 2.05) is 36.4 Å². The quantitative estimate of drug-likeness (QED) is 0.437. The van der Waals surface area contributed by atoms with Crippen molar-refractivity contribution in [2.24, 2.45) is 0 Å². The second kappa shape index (κ2) is 9.90. The van der Waals surface area contributed by atoms with Crippen molar-refractivity contribution in [2.75, 3.05) is 13.7 Å². The maximum atomic E-state index is 12.1. The highest BCUT2D eigenvalue weighted by atomic mass is 16.5. The number of carbonyl (C=O) groups excluding carboxylic acids is 1. The molecule has 0 atom stereocenters. The number of ether oxygens (including phenoxy) is 1. The summed E-state index contributed by atoms with van der Waals surface area (Å²) in [6.45, 7) is 3.06. The van der Waals surface area contributed by atoms with Gasteiger partial charge in [0.25, 0.3) is 5.91 Å². The van der Waals surface area contributed by atoms with Gasteiger partial charge in [-0.1, -0.05) is 42.0 Å². The van der Waals surface area contributed by atoms with Crippen molar-refractivity contribution in [3.8, 4) is 11.8 Å². The Morgan fingerprint density at radius 3 is 2.62 bits per heavy atom. The van der Waals surface area contributed by atoms with Crippen LogP contribution in [0.15, 0.2) is 60.3 Å². The van der Waals surface area contributed by atoms with Crippen molar-refractivity contribution in [1.29, 1.82) is 5.26 Å². The van der Waals surface area contributed by atoms with E-state index in [0.29, 0.717) is 13.1 Å². The van der Waals surface area contributed by atoms with E-state index in [4.69, 9.17) is 4.74 Å². The van der Waals surface area contributed by atoms with Crippen LogP contribution in [0.1, 0.15) is 16.7 Å². The first-order valence-corrected chi connectivity index (χ1v) is 8.42. The summed E-state index contributed by atoms with van der Waals surface area (Å²) in [5.74, 6) is 0.363. The van der Waals surface area contributed by atoms with E-state index in [1.54, 1.807) is 7.11 Å². The summed E-state index contributed by atoms with van der Waals surface area (Å²) in [5, 5.41) is 15.0. The van der Waals surface area contributed by atoms with Crippen molar-refractivity contribution in [3.05, 3.63) is 77.0 Å². The number of rotatable bonds is 8. The third-order valence-electron chi connectivity index (χ3n) is 3.86. The van der Waals surface area contributed by atoms with E-state index in [1.165, 1.54) is 17.3 Å². The summed E-state index contributed by atoms with van der Waals surface area (Å²) in [6.07, 6.45) is 2.30. The molecule has 0 heterocycles. The predicted octanol–water partition coefficient (Wildman–Crippen LogP) is 2.86.